The van der Waals surface area contributed by atoms with Crippen LogP contribution < -0.4 is 10.9 Å². The fraction of sp³-hybridized carbons (Fsp3) is 0.500. The summed E-state index contributed by atoms with van der Waals surface area (Å²) in [7, 11) is 0. The van der Waals surface area contributed by atoms with Crippen molar-refractivity contribution < 1.29 is 4.79 Å². The van der Waals surface area contributed by atoms with E-state index in [9.17, 15) is 9.59 Å². The van der Waals surface area contributed by atoms with E-state index in [1.165, 1.54) is 17.1 Å². The van der Waals surface area contributed by atoms with Crippen molar-refractivity contribution in [1.82, 2.24) is 14.9 Å². The molecule has 0 saturated heterocycles. The SMILES string of the molecule is CC(C)CNC(=O)Cn1cncc(Br)c1=O. The largest absolute Gasteiger partial charge is 0.354 e. The first kappa shape index (κ1) is 12.9. The summed E-state index contributed by atoms with van der Waals surface area (Å²) in [4.78, 5) is 26.8. The minimum Gasteiger partial charge on any atom is -0.354 e. The van der Waals surface area contributed by atoms with Gasteiger partial charge in [-0.3, -0.25) is 14.2 Å². The van der Waals surface area contributed by atoms with E-state index >= 15 is 0 Å². The van der Waals surface area contributed by atoms with E-state index in [0.29, 0.717) is 16.9 Å². The summed E-state index contributed by atoms with van der Waals surface area (Å²) in [6, 6.07) is 0. The number of amides is 1. The second-order valence-electron chi connectivity index (χ2n) is 3.87. The molecule has 1 N–H and O–H groups in total. The first-order valence-corrected chi connectivity index (χ1v) is 5.76. The molecule has 0 unspecified atom stereocenters. The molecule has 5 nitrogen and oxygen atoms in total. The van der Waals surface area contributed by atoms with Gasteiger partial charge in [-0.25, -0.2) is 4.98 Å². The molecule has 0 bridgehead atoms. The summed E-state index contributed by atoms with van der Waals surface area (Å²) in [5.41, 5.74) is -0.255. The van der Waals surface area contributed by atoms with Gasteiger partial charge in [0.25, 0.3) is 5.56 Å². The van der Waals surface area contributed by atoms with Gasteiger partial charge in [-0.2, -0.15) is 0 Å². The molecule has 1 amide bonds. The van der Waals surface area contributed by atoms with Gasteiger partial charge in [-0.15, -0.1) is 0 Å². The number of aromatic nitrogens is 2. The highest BCUT2D eigenvalue weighted by atomic mass is 79.9. The summed E-state index contributed by atoms with van der Waals surface area (Å²) >= 11 is 3.07. The Bertz CT molecular complexity index is 428. The number of hydrogen-bond acceptors (Lipinski definition) is 3. The molecular formula is C10H14BrN3O2. The molecule has 1 heterocycles. The molecule has 16 heavy (non-hydrogen) atoms. The molecule has 1 rings (SSSR count). The van der Waals surface area contributed by atoms with E-state index in [0.717, 1.165) is 0 Å². The average molecular weight is 288 g/mol. The second kappa shape index (κ2) is 5.79. The highest BCUT2D eigenvalue weighted by molar-refractivity contribution is 9.10. The highest BCUT2D eigenvalue weighted by Gasteiger charge is 2.06. The fourth-order valence-corrected chi connectivity index (χ4v) is 1.41. The molecule has 0 aliphatic carbocycles. The van der Waals surface area contributed by atoms with Crippen LogP contribution in [0.15, 0.2) is 21.8 Å². The number of rotatable bonds is 4. The van der Waals surface area contributed by atoms with Crippen LogP contribution in [-0.2, 0) is 11.3 Å². The number of nitrogens with zero attached hydrogens (tertiary/aromatic N) is 2. The molecule has 6 heteroatoms. The lowest BCUT2D eigenvalue weighted by Gasteiger charge is -2.08. The molecule has 0 aliphatic heterocycles. The van der Waals surface area contributed by atoms with Crippen molar-refractivity contribution >= 4 is 21.8 Å². The van der Waals surface area contributed by atoms with Crippen molar-refractivity contribution in [2.24, 2.45) is 5.92 Å². The van der Waals surface area contributed by atoms with Gasteiger partial charge in [0.2, 0.25) is 5.91 Å². The Labute approximate surface area is 102 Å². The summed E-state index contributed by atoms with van der Waals surface area (Å²) in [6.45, 7) is 4.62. The Kier molecular flexibility index (Phi) is 4.67. The van der Waals surface area contributed by atoms with Crippen LogP contribution in [0.25, 0.3) is 0 Å². The molecule has 0 saturated carbocycles. The molecule has 0 aromatic carbocycles. The molecule has 88 valence electrons. The Morgan fingerprint density at radius 2 is 2.31 bits per heavy atom. The first-order chi connectivity index (χ1) is 7.50. The van der Waals surface area contributed by atoms with E-state index in [4.69, 9.17) is 0 Å². The number of carbonyl (C=O) groups excluding carboxylic acids is 1. The molecule has 1 aromatic rings. The van der Waals surface area contributed by atoms with E-state index in [1.54, 1.807) is 0 Å². The van der Waals surface area contributed by atoms with Gasteiger partial charge in [0.05, 0.1) is 6.33 Å². The van der Waals surface area contributed by atoms with Crippen LogP contribution in [-0.4, -0.2) is 22.0 Å². The topological polar surface area (TPSA) is 64.0 Å². The normalized spacial score (nSPS) is 10.5. The second-order valence-corrected chi connectivity index (χ2v) is 4.73. The van der Waals surface area contributed by atoms with Crippen LogP contribution >= 0.6 is 15.9 Å². The summed E-state index contributed by atoms with van der Waals surface area (Å²) in [5.74, 6) is 0.206. The van der Waals surface area contributed by atoms with Gasteiger partial charge in [0.15, 0.2) is 0 Å². The molecule has 0 atom stereocenters. The van der Waals surface area contributed by atoms with E-state index in [2.05, 4.69) is 26.2 Å². The lowest BCUT2D eigenvalue weighted by Crippen LogP contribution is -2.34. The van der Waals surface area contributed by atoms with Crippen LogP contribution in [0.5, 0.6) is 0 Å². The molecule has 0 fully saturated rings. The Morgan fingerprint density at radius 1 is 1.62 bits per heavy atom. The van der Waals surface area contributed by atoms with Crippen molar-refractivity contribution in [2.45, 2.75) is 20.4 Å². The van der Waals surface area contributed by atoms with Gasteiger partial charge in [-0.1, -0.05) is 13.8 Å². The van der Waals surface area contributed by atoms with Gasteiger partial charge in [0, 0.05) is 12.7 Å². The van der Waals surface area contributed by atoms with Gasteiger partial charge >= 0.3 is 0 Å². The summed E-state index contributed by atoms with van der Waals surface area (Å²) < 4.78 is 1.62. The predicted octanol–water partition coefficient (Wildman–Crippen LogP) is 0.778. The molecule has 0 spiro atoms. The molecule has 0 radical (unpaired) electrons. The summed E-state index contributed by atoms with van der Waals surface area (Å²) in [6.07, 6.45) is 2.76. The minimum atomic E-state index is -0.255. The maximum Gasteiger partial charge on any atom is 0.268 e. The van der Waals surface area contributed by atoms with Crippen LogP contribution in [0.4, 0.5) is 0 Å². The number of hydrogen-bond donors (Lipinski definition) is 1. The Morgan fingerprint density at radius 3 is 2.94 bits per heavy atom. The Hall–Kier alpha value is -1.17. The van der Waals surface area contributed by atoms with Gasteiger partial charge in [0.1, 0.15) is 11.0 Å². The zero-order chi connectivity index (χ0) is 12.1. The van der Waals surface area contributed by atoms with E-state index < -0.39 is 0 Å². The number of halogens is 1. The van der Waals surface area contributed by atoms with Crippen LogP contribution in [0.3, 0.4) is 0 Å². The standard InChI is InChI=1S/C10H14BrN3O2/c1-7(2)3-13-9(15)5-14-6-12-4-8(11)10(14)16/h4,6-7H,3,5H2,1-2H3,(H,13,15). The van der Waals surface area contributed by atoms with Gasteiger partial charge < -0.3 is 5.32 Å². The lowest BCUT2D eigenvalue weighted by molar-refractivity contribution is -0.121. The maximum absolute atomic E-state index is 11.5. The summed E-state index contributed by atoms with van der Waals surface area (Å²) in [5, 5.41) is 2.74. The molecule has 0 aliphatic rings. The molecular weight excluding hydrogens is 274 g/mol. The van der Waals surface area contributed by atoms with Crippen molar-refractivity contribution in [3.05, 3.63) is 27.4 Å². The van der Waals surface area contributed by atoms with Gasteiger partial charge in [-0.05, 0) is 21.8 Å². The predicted molar refractivity (Wildman–Crippen MR) is 64.0 cm³/mol. The Balaban J connectivity index is 2.63. The quantitative estimate of drug-likeness (QED) is 0.890. The number of nitrogens with one attached hydrogen (secondary N) is 1. The third kappa shape index (κ3) is 3.77. The monoisotopic (exact) mass is 287 g/mol. The third-order valence-corrected chi connectivity index (χ3v) is 2.42. The van der Waals surface area contributed by atoms with Crippen molar-refractivity contribution in [1.29, 1.82) is 0 Å². The van der Waals surface area contributed by atoms with Crippen LogP contribution in [0.2, 0.25) is 0 Å². The third-order valence-electron chi connectivity index (χ3n) is 1.88. The average Bonchev–Trinajstić information content (AvgIpc) is 2.22. The smallest absolute Gasteiger partial charge is 0.268 e. The van der Waals surface area contributed by atoms with E-state index in [1.807, 2.05) is 13.8 Å². The zero-order valence-corrected chi connectivity index (χ0v) is 10.8. The van der Waals surface area contributed by atoms with Crippen molar-refractivity contribution in [3.63, 3.8) is 0 Å². The first-order valence-electron chi connectivity index (χ1n) is 4.97. The fourth-order valence-electron chi connectivity index (χ4n) is 1.07. The number of carbonyl (C=O) groups is 1. The van der Waals surface area contributed by atoms with Crippen molar-refractivity contribution in [2.75, 3.05) is 6.54 Å². The lowest BCUT2D eigenvalue weighted by atomic mass is 10.2. The molecule has 1 aromatic heterocycles. The maximum atomic E-state index is 11.5. The van der Waals surface area contributed by atoms with Crippen LogP contribution in [0.1, 0.15) is 13.8 Å². The van der Waals surface area contributed by atoms with Crippen molar-refractivity contribution in [3.8, 4) is 0 Å². The zero-order valence-electron chi connectivity index (χ0n) is 9.24. The van der Waals surface area contributed by atoms with Crippen LogP contribution in [0, 0.1) is 5.92 Å². The van der Waals surface area contributed by atoms with E-state index in [-0.39, 0.29) is 18.0 Å². The minimum absolute atomic E-state index is 0.00199. The highest BCUT2D eigenvalue weighted by Crippen LogP contribution is 1.97.